The molecule has 1 aromatic rings. The monoisotopic (exact) mass is 407 g/mol. The maximum absolute atomic E-state index is 12.3. The van der Waals surface area contributed by atoms with Crippen LogP contribution in [-0.4, -0.2) is 39.0 Å². The van der Waals surface area contributed by atoms with Crippen molar-refractivity contribution < 1.29 is 26.4 Å². The quantitative estimate of drug-likeness (QED) is 0.721. The van der Waals surface area contributed by atoms with Crippen molar-refractivity contribution in [2.75, 3.05) is 13.6 Å². The van der Waals surface area contributed by atoms with Crippen LogP contribution in [0.25, 0.3) is 0 Å². The molecule has 0 aromatic heterocycles. The van der Waals surface area contributed by atoms with Crippen molar-refractivity contribution in [3.8, 4) is 0 Å². The molecule has 1 rings (SSSR count). The number of nitrogens with zero attached hydrogens (tertiary/aromatic N) is 1. The Morgan fingerprint density at radius 3 is 2.33 bits per heavy atom. The first-order chi connectivity index (χ1) is 9.33. The molecule has 21 heavy (non-hydrogen) atoms. The van der Waals surface area contributed by atoms with E-state index in [4.69, 9.17) is 10.7 Å². The van der Waals surface area contributed by atoms with E-state index >= 15 is 0 Å². The van der Waals surface area contributed by atoms with Crippen LogP contribution in [0.2, 0.25) is 0 Å². The van der Waals surface area contributed by atoms with Gasteiger partial charge in [-0.1, -0.05) is 15.9 Å². The van der Waals surface area contributed by atoms with Crippen molar-refractivity contribution in [1.82, 2.24) is 4.90 Å². The molecule has 0 saturated carbocycles. The van der Waals surface area contributed by atoms with E-state index in [1.807, 2.05) is 0 Å². The number of alkyl halides is 3. The summed E-state index contributed by atoms with van der Waals surface area (Å²) in [5.74, 6) is -0.963. The second-order valence-corrected chi connectivity index (χ2v) is 7.68. The number of benzene rings is 1. The first-order valence-corrected chi connectivity index (χ1v) is 8.50. The Hall–Kier alpha value is -0.800. The Kier molecular flexibility index (Phi) is 5.33. The topological polar surface area (TPSA) is 54.5 Å². The second-order valence-electron chi connectivity index (χ2n) is 4.30. The zero-order chi connectivity index (χ0) is 16.6. The molecule has 0 unspecified atom stereocenters. The molecule has 0 aliphatic carbocycles. The normalized spacial score (nSPS) is 12.3. The Balaban J connectivity index is 3.27. The Labute approximate surface area is 132 Å². The highest BCUT2D eigenvalue weighted by Gasteiger charge is 2.32. The maximum atomic E-state index is 12.3. The van der Waals surface area contributed by atoms with Crippen molar-refractivity contribution in [1.29, 1.82) is 0 Å². The van der Waals surface area contributed by atoms with Crippen molar-refractivity contribution in [2.45, 2.75) is 18.0 Å². The lowest BCUT2D eigenvalue weighted by Crippen LogP contribution is -2.35. The number of carbonyl (C=O) groups is 1. The van der Waals surface area contributed by atoms with Crippen LogP contribution in [0.1, 0.15) is 15.9 Å². The minimum Gasteiger partial charge on any atom is -0.333 e. The minimum absolute atomic E-state index is 0.210. The summed E-state index contributed by atoms with van der Waals surface area (Å²) in [5, 5.41) is 0. The molecular weight excluding hydrogens is 399 g/mol. The standard InChI is InChI=1S/C11H10BrClF3NO3S/c1-6-8(12)3-7(4-9(6)21(13,19)20)10(18)17(2)5-11(14,15)16/h3-4H,5H2,1-2H3. The third kappa shape index (κ3) is 4.86. The Morgan fingerprint density at radius 1 is 1.38 bits per heavy atom. The number of amides is 1. The van der Waals surface area contributed by atoms with E-state index in [0.29, 0.717) is 4.90 Å². The number of halogens is 5. The molecule has 0 radical (unpaired) electrons. The molecule has 1 amide bonds. The molecule has 0 spiro atoms. The minimum atomic E-state index is -4.55. The molecule has 0 aliphatic heterocycles. The van der Waals surface area contributed by atoms with Gasteiger partial charge in [0.2, 0.25) is 0 Å². The van der Waals surface area contributed by atoms with Crippen LogP contribution >= 0.6 is 26.6 Å². The van der Waals surface area contributed by atoms with E-state index in [1.54, 1.807) is 0 Å². The predicted octanol–water partition coefficient (Wildman–Crippen LogP) is 3.32. The Bertz CT molecular complexity index is 676. The van der Waals surface area contributed by atoms with E-state index < -0.39 is 27.7 Å². The average Bonchev–Trinajstić information content (AvgIpc) is 2.27. The number of hydrogen-bond acceptors (Lipinski definition) is 3. The van der Waals surface area contributed by atoms with Crippen LogP contribution in [0.5, 0.6) is 0 Å². The summed E-state index contributed by atoms with van der Waals surface area (Å²) in [6, 6.07) is 2.20. The fourth-order valence-corrected chi connectivity index (χ4v) is 3.41. The largest absolute Gasteiger partial charge is 0.406 e. The van der Waals surface area contributed by atoms with Gasteiger partial charge in [0.15, 0.2) is 0 Å². The van der Waals surface area contributed by atoms with E-state index in [2.05, 4.69) is 15.9 Å². The third-order valence-electron chi connectivity index (χ3n) is 2.57. The molecule has 0 heterocycles. The number of carbonyl (C=O) groups excluding carboxylic acids is 1. The van der Waals surface area contributed by atoms with Crippen LogP contribution in [0.15, 0.2) is 21.5 Å². The molecule has 0 bridgehead atoms. The van der Waals surface area contributed by atoms with Crippen molar-refractivity contribution in [3.63, 3.8) is 0 Å². The average molecular weight is 409 g/mol. The molecule has 1 aromatic carbocycles. The maximum Gasteiger partial charge on any atom is 0.406 e. The smallest absolute Gasteiger partial charge is 0.333 e. The predicted molar refractivity (Wildman–Crippen MR) is 74.9 cm³/mol. The molecule has 4 nitrogen and oxygen atoms in total. The lowest BCUT2D eigenvalue weighted by molar-refractivity contribution is -0.138. The van der Waals surface area contributed by atoms with Gasteiger partial charge in [-0.3, -0.25) is 4.79 Å². The van der Waals surface area contributed by atoms with Gasteiger partial charge in [0.1, 0.15) is 6.54 Å². The van der Waals surface area contributed by atoms with Gasteiger partial charge in [0.05, 0.1) is 4.90 Å². The first-order valence-electron chi connectivity index (χ1n) is 5.40. The van der Waals surface area contributed by atoms with E-state index in [9.17, 15) is 26.4 Å². The van der Waals surface area contributed by atoms with Crippen LogP contribution < -0.4 is 0 Å². The highest BCUT2D eigenvalue weighted by molar-refractivity contribution is 9.10. The SMILES string of the molecule is Cc1c(Br)cc(C(=O)N(C)CC(F)(F)F)cc1S(=O)(=O)Cl. The van der Waals surface area contributed by atoms with E-state index in [0.717, 1.165) is 13.1 Å². The summed E-state index contributed by atoms with van der Waals surface area (Å²) >= 11 is 3.05. The van der Waals surface area contributed by atoms with Crippen LogP contribution in [-0.2, 0) is 9.05 Å². The van der Waals surface area contributed by atoms with Crippen LogP contribution in [0, 0.1) is 6.92 Å². The molecule has 118 valence electrons. The summed E-state index contributed by atoms with van der Waals surface area (Å²) in [7, 11) is 2.09. The van der Waals surface area contributed by atoms with Gasteiger partial charge in [0.25, 0.3) is 15.0 Å². The number of rotatable bonds is 3. The third-order valence-corrected chi connectivity index (χ3v) is 4.84. The Morgan fingerprint density at radius 2 is 1.90 bits per heavy atom. The van der Waals surface area contributed by atoms with Gasteiger partial charge in [-0.15, -0.1) is 0 Å². The zero-order valence-corrected chi connectivity index (χ0v) is 14.0. The summed E-state index contributed by atoms with van der Waals surface area (Å²) in [6.07, 6.45) is -4.55. The summed E-state index contributed by atoms with van der Waals surface area (Å²) in [5.41, 5.74) is 0.0541. The molecule has 10 heteroatoms. The molecular formula is C11H10BrClF3NO3S. The van der Waals surface area contributed by atoms with Crippen LogP contribution in [0.3, 0.4) is 0 Å². The molecule has 0 N–H and O–H groups in total. The van der Waals surface area contributed by atoms with Crippen LogP contribution in [0.4, 0.5) is 13.2 Å². The van der Waals surface area contributed by atoms with Gasteiger partial charge in [-0.05, 0) is 24.6 Å². The zero-order valence-electron chi connectivity index (χ0n) is 10.8. The van der Waals surface area contributed by atoms with Gasteiger partial charge >= 0.3 is 6.18 Å². The molecule has 0 aliphatic rings. The summed E-state index contributed by atoms with van der Waals surface area (Å²) in [4.78, 5) is 12.0. The molecule has 0 fully saturated rings. The molecule has 0 saturated heterocycles. The highest BCUT2D eigenvalue weighted by atomic mass is 79.9. The highest BCUT2D eigenvalue weighted by Crippen LogP contribution is 2.29. The summed E-state index contributed by atoms with van der Waals surface area (Å²) < 4.78 is 59.9. The van der Waals surface area contributed by atoms with Crippen molar-refractivity contribution in [2.24, 2.45) is 0 Å². The second kappa shape index (κ2) is 6.13. The first kappa shape index (κ1) is 18.2. The summed E-state index contributed by atoms with van der Waals surface area (Å²) in [6.45, 7) is 0.00726. The van der Waals surface area contributed by atoms with Gasteiger partial charge in [-0.25, -0.2) is 8.42 Å². The molecule has 0 atom stereocenters. The van der Waals surface area contributed by atoms with Gasteiger partial charge < -0.3 is 4.90 Å². The van der Waals surface area contributed by atoms with Gasteiger partial charge in [-0.2, -0.15) is 13.2 Å². The van der Waals surface area contributed by atoms with Gasteiger partial charge in [0, 0.05) is 27.8 Å². The van der Waals surface area contributed by atoms with Crippen molar-refractivity contribution >= 4 is 41.6 Å². The van der Waals surface area contributed by atoms with Crippen molar-refractivity contribution in [3.05, 3.63) is 27.7 Å². The van der Waals surface area contributed by atoms with E-state index in [1.165, 1.54) is 13.0 Å². The lowest BCUT2D eigenvalue weighted by Gasteiger charge is -2.19. The van der Waals surface area contributed by atoms with E-state index in [-0.39, 0.29) is 20.5 Å². The number of hydrogen-bond donors (Lipinski definition) is 0. The fourth-order valence-electron chi connectivity index (χ4n) is 1.59. The fraction of sp³-hybridized carbons (Fsp3) is 0.364. The lowest BCUT2D eigenvalue weighted by atomic mass is 10.1.